The Labute approximate surface area is 222 Å². The molecule has 0 aliphatic heterocycles. The number of nitrogens with zero attached hydrogens (tertiary/aromatic N) is 1. The molecule has 0 saturated carbocycles. The van der Waals surface area contributed by atoms with Crippen LogP contribution in [0.2, 0.25) is 0 Å². The minimum absolute atomic E-state index is 0.392. The van der Waals surface area contributed by atoms with E-state index < -0.39 is 12.3 Å². The van der Waals surface area contributed by atoms with Crippen LogP contribution in [0.5, 0.6) is 0 Å². The zero-order valence-corrected chi connectivity index (χ0v) is 22.1. The molecule has 3 aromatic heterocycles. The first-order valence-electron chi connectivity index (χ1n) is 12.8. The first-order chi connectivity index (χ1) is 18.6. The third-order valence-corrected chi connectivity index (χ3v) is 10.7. The second-order valence-electron chi connectivity index (χ2n) is 9.63. The highest BCUT2D eigenvalue weighted by molar-refractivity contribution is 7.79. The van der Waals surface area contributed by atoms with Gasteiger partial charge >= 0.3 is 0 Å². The molecular formula is C33H28NO3P. The van der Waals surface area contributed by atoms with Crippen LogP contribution in [0.25, 0.3) is 21.7 Å². The molecule has 0 N–H and O–H groups in total. The van der Waals surface area contributed by atoms with Crippen LogP contribution in [-0.2, 0) is 16.1 Å². The number of aromatic nitrogens is 1. The van der Waals surface area contributed by atoms with Gasteiger partial charge in [-0.3, -0.25) is 4.98 Å². The largest absolute Gasteiger partial charge is 0.461 e. The smallest absolute Gasteiger partial charge is 0.225 e. The van der Waals surface area contributed by atoms with Crippen LogP contribution in [0.15, 0.2) is 137 Å². The summed E-state index contributed by atoms with van der Waals surface area (Å²) in [4.78, 5) is 5.00. The molecule has 0 saturated heterocycles. The van der Waals surface area contributed by atoms with Gasteiger partial charge in [0.15, 0.2) is 11.0 Å². The fourth-order valence-corrected chi connectivity index (χ4v) is 8.13. The van der Waals surface area contributed by atoms with E-state index >= 15 is 4.57 Å². The van der Waals surface area contributed by atoms with Crippen molar-refractivity contribution in [1.29, 1.82) is 0 Å². The van der Waals surface area contributed by atoms with Crippen molar-refractivity contribution in [3.05, 3.63) is 139 Å². The summed E-state index contributed by atoms with van der Waals surface area (Å²) in [5, 5.41) is 2.52. The van der Waals surface area contributed by atoms with Gasteiger partial charge in [-0.1, -0.05) is 78.9 Å². The lowest BCUT2D eigenvalue weighted by Crippen LogP contribution is -2.32. The number of aryl methyl sites for hydroxylation is 1. The van der Waals surface area contributed by atoms with Gasteiger partial charge in [-0.2, -0.15) is 0 Å². The Morgan fingerprint density at radius 3 is 2.18 bits per heavy atom. The minimum atomic E-state index is -3.48. The molecule has 3 aromatic carbocycles. The number of allylic oxidation sites excluding steroid dienone is 2. The van der Waals surface area contributed by atoms with Crippen LogP contribution in [0.1, 0.15) is 24.6 Å². The summed E-state index contributed by atoms with van der Waals surface area (Å²) in [6, 6.07) is 33.9. The number of furan rings is 2. The maximum atomic E-state index is 15.3. The summed E-state index contributed by atoms with van der Waals surface area (Å²) in [6.45, 7) is 1.98. The Kier molecular flexibility index (Phi) is 6.35. The summed E-state index contributed by atoms with van der Waals surface area (Å²) in [7, 11) is -3.48. The van der Waals surface area contributed by atoms with Gasteiger partial charge < -0.3 is 13.4 Å². The normalized spacial score (nSPS) is 13.8. The molecule has 0 aliphatic carbocycles. The Balaban J connectivity index is 1.44. The van der Waals surface area contributed by atoms with Gasteiger partial charge in [0.05, 0.1) is 28.9 Å². The molecule has 0 aliphatic rings. The maximum Gasteiger partial charge on any atom is 0.225 e. The number of fused-ring (bicyclic) bond motifs is 2. The average Bonchev–Trinajstić information content (AvgIpc) is 3.70. The molecular weight excluding hydrogens is 489 g/mol. The number of para-hydroxylation sites is 1. The molecule has 0 spiro atoms. The second kappa shape index (κ2) is 9.96. The summed E-state index contributed by atoms with van der Waals surface area (Å²) in [5.41, 5.74) is 3.63. The number of pyridine rings is 1. The van der Waals surface area contributed by atoms with Crippen LogP contribution in [0.4, 0.5) is 0 Å². The van der Waals surface area contributed by atoms with E-state index in [4.69, 9.17) is 13.8 Å². The van der Waals surface area contributed by atoms with E-state index in [2.05, 4.69) is 48.5 Å². The molecule has 0 radical (unpaired) electrons. The van der Waals surface area contributed by atoms with Gasteiger partial charge in [-0.05, 0) is 72.5 Å². The predicted octanol–water partition coefficient (Wildman–Crippen LogP) is 7.99. The van der Waals surface area contributed by atoms with Crippen LogP contribution < -0.4 is 11.0 Å². The fourth-order valence-electron chi connectivity index (χ4n) is 5.23. The van der Waals surface area contributed by atoms with Gasteiger partial charge in [-0.15, -0.1) is 0 Å². The fraction of sp³-hybridized carbons (Fsp3) is 0.121. The van der Waals surface area contributed by atoms with E-state index in [0.29, 0.717) is 16.7 Å². The molecule has 3 heterocycles. The maximum absolute atomic E-state index is 15.3. The van der Waals surface area contributed by atoms with Crippen molar-refractivity contribution in [2.24, 2.45) is 0 Å². The van der Waals surface area contributed by atoms with E-state index in [0.717, 1.165) is 23.7 Å². The van der Waals surface area contributed by atoms with Gasteiger partial charge in [0.1, 0.15) is 0 Å². The topological polar surface area (TPSA) is 56.2 Å². The van der Waals surface area contributed by atoms with E-state index in [-0.39, 0.29) is 0 Å². The summed E-state index contributed by atoms with van der Waals surface area (Å²) < 4.78 is 26.9. The average molecular weight is 518 g/mol. The third-order valence-electron chi connectivity index (χ3n) is 7.31. The van der Waals surface area contributed by atoms with Crippen LogP contribution in [0, 0.1) is 0 Å². The molecule has 188 valence electrons. The molecule has 1 atom stereocenters. The van der Waals surface area contributed by atoms with E-state index in [1.165, 1.54) is 16.3 Å². The summed E-state index contributed by atoms with van der Waals surface area (Å²) >= 11 is 0. The molecule has 6 rings (SSSR count). The predicted molar refractivity (Wildman–Crippen MR) is 155 cm³/mol. The Morgan fingerprint density at radius 1 is 0.763 bits per heavy atom. The molecule has 0 bridgehead atoms. The van der Waals surface area contributed by atoms with Crippen molar-refractivity contribution in [3.8, 4) is 0 Å². The van der Waals surface area contributed by atoms with Crippen molar-refractivity contribution < 1.29 is 13.4 Å². The van der Waals surface area contributed by atoms with Crippen molar-refractivity contribution in [1.82, 2.24) is 4.98 Å². The minimum Gasteiger partial charge on any atom is -0.461 e. The highest BCUT2D eigenvalue weighted by atomic mass is 31.2. The van der Waals surface area contributed by atoms with Crippen LogP contribution in [-0.4, -0.2) is 4.98 Å². The van der Waals surface area contributed by atoms with Gasteiger partial charge in [-0.25, -0.2) is 0 Å². The highest BCUT2D eigenvalue weighted by Gasteiger charge is 2.51. The summed E-state index contributed by atoms with van der Waals surface area (Å²) in [5.74, 6) is 0. The zero-order valence-electron chi connectivity index (χ0n) is 21.2. The number of benzene rings is 3. The first-order valence-corrected chi connectivity index (χ1v) is 14.5. The van der Waals surface area contributed by atoms with E-state index in [9.17, 15) is 0 Å². The number of hydrogen-bond donors (Lipinski definition) is 0. The molecule has 4 nitrogen and oxygen atoms in total. The van der Waals surface area contributed by atoms with Crippen molar-refractivity contribution in [2.45, 2.75) is 24.9 Å². The quantitative estimate of drug-likeness (QED) is 0.152. The molecule has 0 amide bonds. The standard InChI is InChI=1S/C33H28NO3P/c1-33(30-21-20-27-13-3-5-17-29(27)34-30,38(35,31-18-9-23-36-31)32-19-10-24-37-32)22-7-6-12-26-15-8-14-25-11-2-4-16-28(25)26/h2-5,7-11,13-24H,6,12H2,1H3/b22-7+. The SMILES string of the molecule is CC(/C=C/CCc1cccc2ccccc12)(c1ccc2ccccc2n1)P(=O)(c1ccco1)c1ccco1. The Hall–Kier alpha value is -4.14. The first kappa shape index (κ1) is 24.2. The van der Waals surface area contributed by atoms with Crippen LogP contribution in [0.3, 0.4) is 0 Å². The second-order valence-corrected chi connectivity index (χ2v) is 12.7. The Morgan fingerprint density at radius 2 is 1.45 bits per heavy atom. The van der Waals surface area contributed by atoms with Crippen molar-refractivity contribution >= 4 is 39.8 Å². The Bertz CT molecular complexity index is 1730. The third kappa shape index (κ3) is 4.12. The van der Waals surface area contributed by atoms with Gasteiger partial charge in [0.2, 0.25) is 7.14 Å². The lowest BCUT2D eigenvalue weighted by Gasteiger charge is -2.32. The zero-order chi connectivity index (χ0) is 26.0. The molecule has 5 heteroatoms. The van der Waals surface area contributed by atoms with Gasteiger partial charge in [0, 0.05) is 5.39 Å². The van der Waals surface area contributed by atoms with Crippen LogP contribution >= 0.6 is 7.14 Å². The van der Waals surface area contributed by atoms with Crippen molar-refractivity contribution in [2.75, 3.05) is 0 Å². The lowest BCUT2D eigenvalue weighted by molar-refractivity contribution is 0.530. The molecule has 6 aromatic rings. The monoisotopic (exact) mass is 517 g/mol. The van der Waals surface area contributed by atoms with Crippen molar-refractivity contribution in [3.63, 3.8) is 0 Å². The molecule has 38 heavy (non-hydrogen) atoms. The lowest BCUT2D eigenvalue weighted by atomic mass is 9.99. The molecule has 1 unspecified atom stereocenters. The number of rotatable bonds is 8. The van der Waals surface area contributed by atoms with E-state index in [1.807, 2.05) is 49.4 Å². The van der Waals surface area contributed by atoms with Gasteiger partial charge in [0.25, 0.3) is 0 Å². The number of hydrogen-bond acceptors (Lipinski definition) is 4. The van der Waals surface area contributed by atoms with E-state index in [1.54, 1.807) is 36.8 Å². The molecule has 0 fully saturated rings. The summed E-state index contributed by atoms with van der Waals surface area (Å²) in [6.07, 6.45) is 8.93. The highest BCUT2D eigenvalue weighted by Crippen LogP contribution is 2.62.